The second-order valence-electron chi connectivity index (χ2n) is 3.47. The molecule has 0 radical (unpaired) electrons. The van der Waals surface area contributed by atoms with Gasteiger partial charge >= 0.3 is 5.97 Å². The third-order valence-electron chi connectivity index (χ3n) is 1.87. The summed E-state index contributed by atoms with van der Waals surface area (Å²) in [6.45, 7) is 10.3. The molecule has 0 spiro atoms. The Bertz CT molecular complexity index is 221. The summed E-state index contributed by atoms with van der Waals surface area (Å²) in [5, 5.41) is 1.13. The lowest BCUT2D eigenvalue weighted by molar-refractivity contribution is -0.401. The number of carbonyl (C=O) groups excluding carboxylic acids is 1. The van der Waals surface area contributed by atoms with E-state index >= 15 is 0 Å². The van der Waals surface area contributed by atoms with Gasteiger partial charge in [0.15, 0.2) is 6.23 Å². The van der Waals surface area contributed by atoms with E-state index in [4.69, 9.17) is 14.4 Å². The molecule has 0 saturated carbocycles. The van der Waals surface area contributed by atoms with Crippen molar-refractivity contribution in [2.45, 2.75) is 46.3 Å². The summed E-state index contributed by atoms with van der Waals surface area (Å²) in [6, 6.07) is 0. The Hall–Kier alpha value is -0.910. The number of hydrogen-bond acceptors (Lipinski definition) is 5. The molecule has 1 atom stereocenters. The first-order valence-electron chi connectivity index (χ1n) is 6.07. The largest absolute Gasteiger partial charge is 0.357 e. The fourth-order valence-electron chi connectivity index (χ4n) is 1.06. The SMILES string of the molecule is C=CC(=O)ON(OCCC)C(CC)OCCC. The van der Waals surface area contributed by atoms with Crippen LogP contribution in [0, 0.1) is 0 Å². The van der Waals surface area contributed by atoms with Gasteiger partial charge in [-0.2, -0.15) is 0 Å². The third-order valence-corrected chi connectivity index (χ3v) is 1.87. The summed E-state index contributed by atoms with van der Waals surface area (Å²) in [6.07, 6.45) is 3.09. The number of rotatable bonds is 10. The van der Waals surface area contributed by atoms with Crippen LogP contribution in [0.3, 0.4) is 0 Å². The van der Waals surface area contributed by atoms with Gasteiger partial charge < -0.3 is 9.57 Å². The lowest BCUT2D eigenvalue weighted by atomic mass is 10.4. The maximum absolute atomic E-state index is 11.2. The van der Waals surface area contributed by atoms with Crippen molar-refractivity contribution in [3.63, 3.8) is 0 Å². The molecule has 1 unspecified atom stereocenters. The molecular weight excluding hydrogens is 222 g/mol. The van der Waals surface area contributed by atoms with Crippen LogP contribution in [0.15, 0.2) is 12.7 Å². The molecule has 0 aromatic rings. The van der Waals surface area contributed by atoms with Crippen LogP contribution in [0.1, 0.15) is 40.0 Å². The number of hydrogen-bond donors (Lipinski definition) is 0. The highest BCUT2D eigenvalue weighted by Gasteiger charge is 2.21. The van der Waals surface area contributed by atoms with Crippen LogP contribution in [0.2, 0.25) is 0 Å². The van der Waals surface area contributed by atoms with Gasteiger partial charge in [-0.15, -0.1) is 0 Å². The number of carbonyl (C=O) groups is 1. The summed E-state index contributed by atoms with van der Waals surface area (Å²) in [5.41, 5.74) is 0. The van der Waals surface area contributed by atoms with Gasteiger partial charge in [-0.25, -0.2) is 4.79 Å². The highest BCUT2D eigenvalue weighted by Crippen LogP contribution is 2.09. The van der Waals surface area contributed by atoms with Crippen molar-refractivity contribution in [3.05, 3.63) is 12.7 Å². The molecule has 5 nitrogen and oxygen atoms in total. The molecule has 0 aromatic carbocycles. The molecule has 0 aromatic heterocycles. The highest BCUT2D eigenvalue weighted by atomic mass is 17.0. The first-order valence-corrected chi connectivity index (χ1v) is 6.07. The van der Waals surface area contributed by atoms with Crippen LogP contribution in [-0.4, -0.2) is 30.6 Å². The normalized spacial score (nSPS) is 12.5. The number of nitrogens with zero attached hydrogens (tertiary/aromatic N) is 1. The predicted octanol–water partition coefficient (Wildman–Crippen LogP) is 2.44. The van der Waals surface area contributed by atoms with E-state index in [1.807, 2.05) is 20.8 Å². The molecule has 0 bridgehead atoms. The average molecular weight is 245 g/mol. The maximum Gasteiger partial charge on any atom is 0.351 e. The zero-order chi connectivity index (χ0) is 13.1. The molecule has 5 heteroatoms. The van der Waals surface area contributed by atoms with Crippen LogP contribution in [-0.2, 0) is 19.2 Å². The summed E-state index contributed by atoms with van der Waals surface area (Å²) < 4.78 is 5.53. The molecule has 0 aliphatic rings. The van der Waals surface area contributed by atoms with Crippen molar-refractivity contribution in [3.8, 4) is 0 Å². The lowest BCUT2D eigenvalue weighted by Crippen LogP contribution is -2.39. The molecule has 0 aliphatic carbocycles. The smallest absolute Gasteiger partial charge is 0.351 e. The third kappa shape index (κ3) is 7.10. The predicted molar refractivity (Wildman–Crippen MR) is 64.7 cm³/mol. The first kappa shape index (κ1) is 16.1. The van der Waals surface area contributed by atoms with Crippen LogP contribution in [0.25, 0.3) is 0 Å². The van der Waals surface area contributed by atoms with E-state index in [1.165, 1.54) is 0 Å². The zero-order valence-corrected chi connectivity index (χ0v) is 11.0. The summed E-state index contributed by atoms with van der Waals surface area (Å²) in [7, 11) is 0. The topological polar surface area (TPSA) is 48.0 Å². The van der Waals surface area contributed by atoms with Crippen molar-refractivity contribution >= 4 is 5.97 Å². The van der Waals surface area contributed by atoms with Crippen molar-refractivity contribution in [1.82, 2.24) is 5.23 Å². The van der Waals surface area contributed by atoms with E-state index in [-0.39, 0.29) is 6.23 Å². The van der Waals surface area contributed by atoms with Gasteiger partial charge in [0.2, 0.25) is 0 Å². The Morgan fingerprint density at radius 1 is 1.29 bits per heavy atom. The minimum absolute atomic E-state index is 0.384. The van der Waals surface area contributed by atoms with E-state index in [9.17, 15) is 4.79 Å². The first-order chi connectivity index (χ1) is 8.19. The van der Waals surface area contributed by atoms with E-state index in [2.05, 4.69) is 6.58 Å². The van der Waals surface area contributed by atoms with Crippen molar-refractivity contribution < 1.29 is 19.2 Å². The molecule has 0 rings (SSSR count). The molecule has 0 aliphatic heterocycles. The van der Waals surface area contributed by atoms with Gasteiger partial charge in [0, 0.05) is 17.9 Å². The number of hydroxylamine groups is 2. The molecule has 0 amide bonds. The Kier molecular flexibility index (Phi) is 9.71. The van der Waals surface area contributed by atoms with Gasteiger partial charge in [0.25, 0.3) is 0 Å². The summed E-state index contributed by atoms with van der Waals surface area (Å²) >= 11 is 0. The van der Waals surface area contributed by atoms with Crippen molar-refractivity contribution in [2.75, 3.05) is 13.2 Å². The van der Waals surface area contributed by atoms with Crippen LogP contribution in [0.5, 0.6) is 0 Å². The monoisotopic (exact) mass is 245 g/mol. The second kappa shape index (κ2) is 10.3. The summed E-state index contributed by atoms with van der Waals surface area (Å²) in [4.78, 5) is 21.5. The molecule has 0 heterocycles. The quantitative estimate of drug-likeness (QED) is 0.336. The second-order valence-corrected chi connectivity index (χ2v) is 3.47. The average Bonchev–Trinajstić information content (AvgIpc) is 2.35. The van der Waals surface area contributed by atoms with E-state index in [1.54, 1.807) is 0 Å². The minimum Gasteiger partial charge on any atom is -0.357 e. The van der Waals surface area contributed by atoms with Gasteiger partial charge in [-0.05, 0) is 19.3 Å². The molecule has 0 N–H and O–H groups in total. The Labute approximate surface area is 103 Å². The zero-order valence-electron chi connectivity index (χ0n) is 11.0. The highest BCUT2D eigenvalue weighted by molar-refractivity contribution is 5.80. The Morgan fingerprint density at radius 3 is 2.41 bits per heavy atom. The van der Waals surface area contributed by atoms with Gasteiger partial charge in [-0.1, -0.05) is 27.4 Å². The van der Waals surface area contributed by atoms with Gasteiger partial charge in [0.05, 0.1) is 6.61 Å². The maximum atomic E-state index is 11.2. The summed E-state index contributed by atoms with van der Waals surface area (Å²) in [5.74, 6) is -0.556. The minimum atomic E-state index is -0.556. The van der Waals surface area contributed by atoms with Crippen molar-refractivity contribution in [2.24, 2.45) is 0 Å². The Morgan fingerprint density at radius 2 is 1.94 bits per heavy atom. The molecule has 0 fully saturated rings. The van der Waals surface area contributed by atoms with Gasteiger partial charge in [-0.3, -0.25) is 4.84 Å². The number of ether oxygens (including phenoxy) is 1. The molecular formula is C12H23NO4. The van der Waals surface area contributed by atoms with Crippen LogP contribution >= 0.6 is 0 Å². The fraction of sp³-hybridized carbons (Fsp3) is 0.750. The van der Waals surface area contributed by atoms with Crippen LogP contribution in [0.4, 0.5) is 0 Å². The van der Waals surface area contributed by atoms with Crippen molar-refractivity contribution in [1.29, 1.82) is 0 Å². The fourth-order valence-corrected chi connectivity index (χ4v) is 1.06. The van der Waals surface area contributed by atoms with Crippen LogP contribution < -0.4 is 0 Å². The van der Waals surface area contributed by atoms with Gasteiger partial charge in [0.1, 0.15) is 0 Å². The molecule has 0 saturated heterocycles. The molecule has 100 valence electrons. The molecule has 17 heavy (non-hydrogen) atoms. The standard InChI is InChI=1S/C12H23NO4/c1-5-9-15-11(7-3)13(16-10-6-2)17-12(14)8-4/h8,11H,4-7,9-10H2,1-3H3. The van der Waals surface area contributed by atoms with E-state index in [0.29, 0.717) is 19.6 Å². The van der Waals surface area contributed by atoms with E-state index < -0.39 is 5.97 Å². The van der Waals surface area contributed by atoms with E-state index in [0.717, 1.165) is 24.1 Å². The lowest BCUT2D eigenvalue weighted by Gasteiger charge is -2.27. The Balaban J connectivity index is 4.37.